The van der Waals surface area contributed by atoms with Gasteiger partial charge >= 0.3 is 0 Å². The highest BCUT2D eigenvalue weighted by Gasteiger charge is 2.13. The molecule has 0 unspecified atom stereocenters. The van der Waals surface area contributed by atoms with E-state index < -0.39 is 0 Å². The lowest BCUT2D eigenvalue weighted by Crippen LogP contribution is -1.82. The molecule has 1 heteroatoms. The number of nitrogens with zero attached hydrogens (tertiary/aromatic N) is 1. The molecule has 1 aliphatic rings. The second-order valence-electron chi connectivity index (χ2n) is 3.27. The minimum atomic E-state index is 1.12. The fourth-order valence-electron chi connectivity index (χ4n) is 2.03. The van der Waals surface area contributed by atoms with Crippen molar-refractivity contribution in [3.05, 3.63) is 41.7 Å². The zero-order valence-electron chi connectivity index (χ0n) is 6.75. The van der Waals surface area contributed by atoms with Crippen LogP contribution in [0.5, 0.6) is 0 Å². The van der Waals surface area contributed by atoms with Crippen LogP contribution < -0.4 is 0 Å². The first-order chi connectivity index (χ1) is 5.95. The summed E-state index contributed by atoms with van der Waals surface area (Å²) in [6, 6.07) is 8.59. The van der Waals surface area contributed by atoms with Crippen LogP contribution in [-0.2, 0) is 12.8 Å². The number of aryl methyl sites for hydroxylation is 2. The van der Waals surface area contributed by atoms with Crippen LogP contribution in [0.2, 0.25) is 0 Å². The number of hydrogen-bond donors (Lipinski definition) is 0. The summed E-state index contributed by atoms with van der Waals surface area (Å²) in [7, 11) is 0. The molecule has 1 aliphatic carbocycles. The van der Waals surface area contributed by atoms with Gasteiger partial charge in [-0.3, -0.25) is 4.98 Å². The van der Waals surface area contributed by atoms with Crippen LogP contribution in [0.4, 0.5) is 0 Å². The summed E-state index contributed by atoms with van der Waals surface area (Å²) in [5.41, 5.74) is 2.75. The van der Waals surface area contributed by atoms with E-state index in [1.807, 2.05) is 6.20 Å². The summed E-state index contributed by atoms with van der Waals surface area (Å²) >= 11 is 0. The van der Waals surface area contributed by atoms with Gasteiger partial charge in [0.1, 0.15) is 0 Å². The van der Waals surface area contributed by atoms with Crippen LogP contribution in [0.25, 0.3) is 10.8 Å². The van der Waals surface area contributed by atoms with Crippen molar-refractivity contribution >= 4 is 10.8 Å². The Morgan fingerprint density at radius 2 is 2.08 bits per heavy atom. The Balaban J connectivity index is 2.58. The lowest BCUT2D eigenvalue weighted by molar-refractivity contribution is 0.979. The first kappa shape index (κ1) is 6.18. The summed E-state index contributed by atoms with van der Waals surface area (Å²) < 4.78 is 0. The Kier molecular flexibility index (Phi) is 1.06. The highest BCUT2D eigenvalue weighted by Crippen LogP contribution is 2.28. The van der Waals surface area contributed by atoms with Crippen molar-refractivity contribution in [1.29, 1.82) is 0 Å². The third-order valence-electron chi connectivity index (χ3n) is 2.59. The fraction of sp³-hybridized carbons (Fsp3) is 0.182. The van der Waals surface area contributed by atoms with E-state index in [0.29, 0.717) is 0 Å². The summed E-state index contributed by atoms with van der Waals surface area (Å²) in [4.78, 5) is 4.38. The third-order valence-corrected chi connectivity index (χ3v) is 2.59. The van der Waals surface area contributed by atoms with Gasteiger partial charge in [-0.1, -0.05) is 18.2 Å². The molecule has 1 heterocycles. The van der Waals surface area contributed by atoms with Crippen molar-refractivity contribution in [3.63, 3.8) is 0 Å². The van der Waals surface area contributed by atoms with Gasteiger partial charge in [-0.05, 0) is 29.9 Å². The number of hydrogen-bond acceptors (Lipinski definition) is 1. The molecular weight excluding hydrogens is 146 g/mol. The van der Waals surface area contributed by atoms with Gasteiger partial charge in [0.25, 0.3) is 0 Å². The van der Waals surface area contributed by atoms with Crippen LogP contribution >= 0.6 is 0 Å². The topological polar surface area (TPSA) is 12.9 Å². The normalized spacial score (nSPS) is 14.0. The maximum absolute atomic E-state index is 4.38. The minimum Gasteiger partial charge on any atom is -0.261 e. The molecule has 0 saturated carbocycles. The van der Waals surface area contributed by atoms with E-state index in [1.54, 1.807) is 0 Å². The first-order valence-corrected chi connectivity index (χ1v) is 4.30. The van der Waals surface area contributed by atoms with Crippen LogP contribution in [-0.4, -0.2) is 4.98 Å². The molecule has 1 aromatic carbocycles. The highest BCUT2D eigenvalue weighted by molar-refractivity contribution is 5.89. The van der Waals surface area contributed by atoms with E-state index in [4.69, 9.17) is 0 Å². The highest BCUT2D eigenvalue weighted by atomic mass is 14.7. The first-order valence-electron chi connectivity index (χ1n) is 4.30. The molecule has 0 bridgehead atoms. The Morgan fingerprint density at radius 1 is 1.08 bits per heavy atom. The monoisotopic (exact) mass is 155 g/mol. The molecule has 0 amide bonds. The standard InChI is InChI=1S/C11H9N/c1-2-8-4-5-10-11(8)9(3-1)6-7-12-10/h1-3,6-7H,4-5H2. The lowest BCUT2D eigenvalue weighted by Gasteiger charge is -1.98. The molecule has 2 aromatic rings. The van der Waals surface area contributed by atoms with Gasteiger partial charge in [0.05, 0.1) is 0 Å². The van der Waals surface area contributed by atoms with E-state index in [0.717, 1.165) is 6.42 Å². The van der Waals surface area contributed by atoms with Gasteiger partial charge in [-0.25, -0.2) is 0 Å². The third kappa shape index (κ3) is 0.658. The van der Waals surface area contributed by atoms with Crippen molar-refractivity contribution in [2.45, 2.75) is 12.8 Å². The summed E-state index contributed by atoms with van der Waals surface area (Å²) in [5.74, 6) is 0. The Morgan fingerprint density at radius 3 is 3.08 bits per heavy atom. The van der Waals surface area contributed by atoms with Crippen LogP contribution in [0.15, 0.2) is 30.5 Å². The van der Waals surface area contributed by atoms with Crippen LogP contribution in [0.3, 0.4) is 0 Å². The van der Waals surface area contributed by atoms with Crippen LogP contribution in [0, 0.1) is 0 Å². The SMILES string of the molecule is c1cc2c3c(nccc3c1)CC2. The van der Waals surface area contributed by atoms with Gasteiger partial charge in [0.2, 0.25) is 0 Å². The fourth-order valence-corrected chi connectivity index (χ4v) is 2.03. The van der Waals surface area contributed by atoms with E-state index in [9.17, 15) is 0 Å². The van der Waals surface area contributed by atoms with Crippen molar-refractivity contribution < 1.29 is 0 Å². The summed E-state index contributed by atoms with van der Waals surface area (Å²) in [5, 5.41) is 2.75. The number of pyridine rings is 1. The number of benzene rings is 1. The molecule has 1 nitrogen and oxygen atoms in total. The number of aromatic nitrogens is 1. The Labute approximate surface area is 71.1 Å². The molecule has 0 atom stereocenters. The predicted molar refractivity (Wildman–Crippen MR) is 49.2 cm³/mol. The molecule has 3 rings (SSSR count). The van der Waals surface area contributed by atoms with Crippen molar-refractivity contribution in [2.75, 3.05) is 0 Å². The Hall–Kier alpha value is -1.37. The molecule has 0 spiro atoms. The second kappa shape index (κ2) is 2.07. The van der Waals surface area contributed by atoms with Crippen molar-refractivity contribution in [3.8, 4) is 0 Å². The predicted octanol–water partition coefficient (Wildman–Crippen LogP) is 2.33. The summed E-state index contributed by atoms with van der Waals surface area (Å²) in [6.45, 7) is 0. The average molecular weight is 155 g/mol. The van der Waals surface area contributed by atoms with Gasteiger partial charge < -0.3 is 0 Å². The van der Waals surface area contributed by atoms with Gasteiger partial charge in [0, 0.05) is 17.3 Å². The molecule has 0 aliphatic heterocycles. The lowest BCUT2D eigenvalue weighted by atomic mass is 10.1. The minimum absolute atomic E-state index is 1.12. The van der Waals surface area contributed by atoms with Gasteiger partial charge in [-0.2, -0.15) is 0 Å². The molecule has 0 saturated heterocycles. The maximum atomic E-state index is 4.38. The molecule has 0 N–H and O–H groups in total. The van der Waals surface area contributed by atoms with Crippen molar-refractivity contribution in [1.82, 2.24) is 4.98 Å². The molecule has 58 valence electrons. The molecule has 0 fully saturated rings. The largest absolute Gasteiger partial charge is 0.261 e. The average Bonchev–Trinajstić information content (AvgIpc) is 2.52. The maximum Gasteiger partial charge on any atom is 0.0487 e. The zero-order chi connectivity index (χ0) is 7.97. The smallest absolute Gasteiger partial charge is 0.0487 e. The zero-order valence-corrected chi connectivity index (χ0v) is 6.75. The Bertz CT molecular complexity index is 407. The van der Waals surface area contributed by atoms with Gasteiger partial charge in [0.15, 0.2) is 0 Å². The molecular formula is C11H9N. The van der Waals surface area contributed by atoms with E-state index in [-0.39, 0.29) is 0 Å². The molecule has 0 radical (unpaired) electrons. The quantitative estimate of drug-likeness (QED) is 0.569. The van der Waals surface area contributed by atoms with Gasteiger partial charge in [-0.15, -0.1) is 0 Å². The van der Waals surface area contributed by atoms with E-state index in [1.165, 1.54) is 28.5 Å². The van der Waals surface area contributed by atoms with Crippen LogP contribution in [0.1, 0.15) is 11.3 Å². The molecule has 1 aromatic heterocycles. The second-order valence-corrected chi connectivity index (χ2v) is 3.27. The summed E-state index contributed by atoms with van der Waals surface area (Å²) in [6.07, 6.45) is 4.20. The van der Waals surface area contributed by atoms with E-state index >= 15 is 0 Å². The molecule has 12 heavy (non-hydrogen) atoms. The number of rotatable bonds is 0. The van der Waals surface area contributed by atoms with Crippen molar-refractivity contribution in [2.24, 2.45) is 0 Å². The van der Waals surface area contributed by atoms with E-state index in [2.05, 4.69) is 29.2 Å².